The van der Waals surface area contributed by atoms with Crippen molar-refractivity contribution < 1.29 is 4.39 Å². The van der Waals surface area contributed by atoms with Gasteiger partial charge in [-0.25, -0.2) is 4.39 Å². The standard InChI is InChI=1S/C17H26BrFN2/c1-17(2,3)20-11-13-6-8-21(9-7-13)12-14-4-5-16(19)15(18)10-14/h4-5,10,13,20H,6-9,11-12H2,1-3H3. The maximum atomic E-state index is 13.2. The highest BCUT2D eigenvalue weighted by atomic mass is 79.9. The van der Waals surface area contributed by atoms with Crippen molar-refractivity contribution in [1.82, 2.24) is 10.2 Å². The normalized spacial score (nSPS) is 18.1. The Bertz CT molecular complexity index is 462. The van der Waals surface area contributed by atoms with Crippen LogP contribution in [0.25, 0.3) is 0 Å². The average Bonchev–Trinajstić information content (AvgIpc) is 2.41. The molecule has 2 nitrogen and oxygen atoms in total. The number of likely N-dealkylation sites (tertiary alicyclic amines) is 1. The number of rotatable bonds is 4. The highest BCUT2D eigenvalue weighted by molar-refractivity contribution is 9.10. The smallest absolute Gasteiger partial charge is 0.137 e. The summed E-state index contributed by atoms with van der Waals surface area (Å²) in [6.45, 7) is 10.9. The lowest BCUT2D eigenvalue weighted by atomic mass is 9.95. The van der Waals surface area contributed by atoms with Gasteiger partial charge in [-0.2, -0.15) is 0 Å². The van der Waals surface area contributed by atoms with Crippen LogP contribution in [0.4, 0.5) is 4.39 Å². The third kappa shape index (κ3) is 5.68. The van der Waals surface area contributed by atoms with E-state index in [0.29, 0.717) is 4.47 Å². The zero-order chi connectivity index (χ0) is 15.5. The van der Waals surface area contributed by atoms with Crippen LogP contribution in [0.1, 0.15) is 39.2 Å². The number of nitrogens with zero attached hydrogens (tertiary/aromatic N) is 1. The van der Waals surface area contributed by atoms with Crippen molar-refractivity contribution in [3.05, 3.63) is 34.1 Å². The van der Waals surface area contributed by atoms with E-state index in [4.69, 9.17) is 0 Å². The second-order valence-electron chi connectivity index (χ2n) is 7.10. The molecule has 0 unspecified atom stereocenters. The summed E-state index contributed by atoms with van der Waals surface area (Å²) in [5.74, 6) is 0.589. The maximum Gasteiger partial charge on any atom is 0.137 e. The van der Waals surface area contributed by atoms with Crippen molar-refractivity contribution >= 4 is 15.9 Å². The molecule has 118 valence electrons. The molecule has 1 aromatic carbocycles. The van der Waals surface area contributed by atoms with E-state index in [1.807, 2.05) is 12.1 Å². The molecule has 1 aromatic rings. The molecule has 4 heteroatoms. The monoisotopic (exact) mass is 356 g/mol. The summed E-state index contributed by atoms with van der Waals surface area (Å²) in [5.41, 5.74) is 1.38. The lowest BCUT2D eigenvalue weighted by Crippen LogP contribution is -2.42. The van der Waals surface area contributed by atoms with Crippen molar-refractivity contribution in [2.45, 2.75) is 45.7 Å². The van der Waals surface area contributed by atoms with Crippen LogP contribution in [0.5, 0.6) is 0 Å². The molecule has 0 spiro atoms. The molecular weight excluding hydrogens is 331 g/mol. The van der Waals surface area contributed by atoms with Crippen molar-refractivity contribution in [3.63, 3.8) is 0 Å². The fraction of sp³-hybridized carbons (Fsp3) is 0.647. The van der Waals surface area contributed by atoms with E-state index in [1.54, 1.807) is 6.07 Å². The fourth-order valence-electron chi connectivity index (χ4n) is 2.70. The highest BCUT2D eigenvalue weighted by Gasteiger charge is 2.21. The van der Waals surface area contributed by atoms with E-state index in [1.165, 1.54) is 18.4 Å². The van der Waals surface area contributed by atoms with Gasteiger partial charge in [0.25, 0.3) is 0 Å². The first-order valence-electron chi connectivity index (χ1n) is 7.75. The summed E-state index contributed by atoms with van der Waals surface area (Å²) in [5, 5.41) is 3.60. The van der Waals surface area contributed by atoms with E-state index in [9.17, 15) is 4.39 Å². The summed E-state index contributed by atoms with van der Waals surface area (Å²) in [4.78, 5) is 2.47. The van der Waals surface area contributed by atoms with E-state index >= 15 is 0 Å². The molecule has 21 heavy (non-hydrogen) atoms. The number of hydrogen-bond acceptors (Lipinski definition) is 2. The van der Waals surface area contributed by atoms with Crippen LogP contribution in [-0.4, -0.2) is 30.1 Å². The summed E-state index contributed by atoms with van der Waals surface area (Å²) in [7, 11) is 0. The van der Waals surface area contributed by atoms with Crippen LogP contribution in [-0.2, 0) is 6.54 Å². The van der Waals surface area contributed by atoms with E-state index in [-0.39, 0.29) is 11.4 Å². The second-order valence-corrected chi connectivity index (χ2v) is 7.95. The van der Waals surface area contributed by atoms with Crippen LogP contribution in [0.2, 0.25) is 0 Å². The van der Waals surface area contributed by atoms with Crippen LogP contribution in [0, 0.1) is 11.7 Å². The summed E-state index contributed by atoms with van der Waals surface area (Å²) in [6, 6.07) is 5.31. The van der Waals surface area contributed by atoms with Gasteiger partial charge in [-0.3, -0.25) is 4.90 Å². The molecule has 0 aromatic heterocycles. The predicted octanol–water partition coefficient (Wildman–Crippen LogP) is 4.19. The first-order valence-corrected chi connectivity index (χ1v) is 8.54. The number of benzene rings is 1. The van der Waals surface area contributed by atoms with Gasteiger partial charge in [0.2, 0.25) is 0 Å². The minimum absolute atomic E-state index is 0.189. The molecule has 1 fully saturated rings. The van der Waals surface area contributed by atoms with E-state index in [2.05, 4.69) is 46.9 Å². The number of hydrogen-bond donors (Lipinski definition) is 1. The molecule has 1 N–H and O–H groups in total. The summed E-state index contributed by atoms with van der Waals surface area (Å²) >= 11 is 3.26. The summed E-state index contributed by atoms with van der Waals surface area (Å²) in [6.07, 6.45) is 2.48. The molecule has 1 heterocycles. The molecule has 2 rings (SSSR count). The lowest BCUT2D eigenvalue weighted by Gasteiger charge is -2.33. The Labute approximate surface area is 136 Å². The van der Waals surface area contributed by atoms with Crippen LogP contribution < -0.4 is 5.32 Å². The second kappa shape index (κ2) is 7.21. The van der Waals surface area contributed by atoms with Crippen LogP contribution >= 0.6 is 15.9 Å². The van der Waals surface area contributed by atoms with Gasteiger partial charge < -0.3 is 5.32 Å². The first kappa shape index (κ1) is 16.9. The Morgan fingerprint density at radius 3 is 2.52 bits per heavy atom. The Morgan fingerprint density at radius 2 is 1.95 bits per heavy atom. The van der Waals surface area contributed by atoms with Gasteiger partial charge in [-0.1, -0.05) is 6.07 Å². The Hall–Kier alpha value is -0.450. The Kier molecular flexibility index (Phi) is 5.81. The molecule has 0 amide bonds. The maximum absolute atomic E-state index is 13.2. The summed E-state index contributed by atoms with van der Waals surface area (Å²) < 4.78 is 13.8. The highest BCUT2D eigenvalue weighted by Crippen LogP contribution is 2.22. The molecule has 0 radical (unpaired) electrons. The molecule has 0 saturated carbocycles. The number of nitrogens with one attached hydrogen (secondary N) is 1. The molecule has 0 aliphatic carbocycles. The van der Waals surface area contributed by atoms with Gasteiger partial charge >= 0.3 is 0 Å². The van der Waals surface area contributed by atoms with E-state index < -0.39 is 0 Å². The van der Waals surface area contributed by atoms with Gasteiger partial charge in [-0.05, 0) is 92.8 Å². The Balaban J connectivity index is 1.77. The molecule has 1 saturated heterocycles. The average molecular weight is 357 g/mol. The molecule has 1 aliphatic rings. The number of halogens is 2. The lowest BCUT2D eigenvalue weighted by molar-refractivity contribution is 0.170. The van der Waals surface area contributed by atoms with Crippen LogP contribution in [0.15, 0.2) is 22.7 Å². The van der Waals surface area contributed by atoms with Gasteiger partial charge in [0, 0.05) is 12.1 Å². The van der Waals surface area contributed by atoms with Crippen molar-refractivity contribution in [2.24, 2.45) is 5.92 Å². The van der Waals surface area contributed by atoms with Crippen LogP contribution in [0.3, 0.4) is 0 Å². The molecule has 1 aliphatic heterocycles. The van der Waals surface area contributed by atoms with Gasteiger partial charge in [-0.15, -0.1) is 0 Å². The largest absolute Gasteiger partial charge is 0.312 e. The zero-order valence-corrected chi connectivity index (χ0v) is 14.8. The topological polar surface area (TPSA) is 15.3 Å². The minimum atomic E-state index is -0.189. The molecular formula is C17H26BrFN2. The third-order valence-electron chi connectivity index (χ3n) is 4.02. The quantitative estimate of drug-likeness (QED) is 0.869. The van der Waals surface area contributed by atoms with Gasteiger partial charge in [0.15, 0.2) is 0 Å². The Morgan fingerprint density at radius 1 is 1.29 bits per heavy atom. The molecule has 0 atom stereocenters. The minimum Gasteiger partial charge on any atom is -0.312 e. The fourth-order valence-corrected chi connectivity index (χ4v) is 3.12. The predicted molar refractivity (Wildman–Crippen MR) is 89.9 cm³/mol. The first-order chi connectivity index (χ1) is 9.83. The van der Waals surface area contributed by atoms with Gasteiger partial charge in [0.05, 0.1) is 4.47 Å². The number of piperidine rings is 1. The van der Waals surface area contributed by atoms with Gasteiger partial charge in [0.1, 0.15) is 5.82 Å². The SMILES string of the molecule is CC(C)(C)NCC1CCN(Cc2ccc(F)c(Br)c2)CC1. The van der Waals surface area contributed by atoms with E-state index in [0.717, 1.165) is 32.1 Å². The zero-order valence-electron chi connectivity index (χ0n) is 13.3. The van der Waals surface area contributed by atoms with Crippen molar-refractivity contribution in [2.75, 3.05) is 19.6 Å². The van der Waals surface area contributed by atoms with Crippen molar-refractivity contribution in [1.29, 1.82) is 0 Å². The molecule has 0 bridgehead atoms. The van der Waals surface area contributed by atoms with Crippen molar-refractivity contribution in [3.8, 4) is 0 Å². The third-order valence-corrected chi connectivity index (χ3v) is 4.63.